The van der Waals surface area contributed by atoms with Crippen LogP contribution in [0.4, 0.5) is 9.18 Å². The fourth-order valence-corrected chi connectivity index (χ4v) is 2.41. The normalized spacial score (nSPS) is 36.0. The van der Waals surface area contributed by atoms with E-state index >= 15 is 0 Å². The molecule has 1 heterocycles. The highest BCUT2D eigenvalue weighted by atomic mass is 32.1. The number of carbonyl (C=O) groups is 2. The van der Waals surface area contributed by atoms with Gasteiger partial charge in [-0.1, -0.05) is 0 Å². The van der Waals surface area contributed by atoms with Crippen molar-refractivity contribution in [2.75, 3.05) is 12.3 Å². The summed E-state index contributed by atoms with van der Waals surface area (Å²) < 4.78 is 12.5. The van der Waals surface area contributed by atoms with Crippen molar-refractivity contribution >= 4 is 24.6 Å². The molecule has 1 aliphatic rings. The van der Waals surface area contributed by atoms with Gasteiger partial charge in [0.15, 0.2) is 6.17 Å². The molecule has 0 spiro atoms. The van der Waals surface area contributed by atoms with Crippen molar-refractivity contribution in [1.82, 2.24) is 0 Å². The largest absolute Gasteiger partial charge is 0.521 e. The van der Waals surface area contributed by atoms with Crippen LogP contribution in [0.3, 0.4) is 0 Å². The molecule has 6 heteroatoms. The molecule has 0 aromatic rings. The third-order valence-corrected chi connectivity index (χ3v) is 3.81. The van der Waals surface area contributed by atoms with Gasteiger partial charge in [0.25, 0.3) is 0 Å². The summed E-state index contributed by atoms with van der Waals surface area (Å²) in [5.74, 6) is -0.655. The lowest BCUT2D eigenvalue weighted by Gasteiger charge is -2.31. The van der Waals surface area contributed by atoms with Gasteiger partial charge in [0.2, 0.25) is 0 Å². The third-order valence-electron chi connectivity index (χ3n) is 3.27. The van der Waals surface area contributed by atoms with E-state index in [0.717, 1.165) is 0 Å². The van der Waals surface area contributed by atoms with E-state index in [-0.39, 0.29) is 18.7 Å². The van der Waals surface area contributed by atoms with Crippen molar-refractivity contribution in [3.05, 3.63) is 0 Å². The lowest BCUT2D eigenvalue weighted by molar-refractivity contribution is -0.795. The minimum absolute atomic E-state index is 0.122. The Balaban J connectivity index is 3.08. The SMILES string of the molecule is CC(CS)C(=O)[N@@+]1(C(=O)O)C[C@H](F)C[C@H]1C. The number of quaternary nitrogens is 1. The van der Waals surface area contributed by atoms with Crippen LogP contribution in [0.1, 0.15) is 20.3 Å². The molecule has 1 unspecified atom stereocenters. The van der Waals surface area contributed by atoms with E-state index in [1.165, 1.54) is 0 Å². The van der Waals surface area contributed by atoms with Crippen LogP contribution >= 0.6 is 12.6 Å². The van der Waals surface area contributed by atoms with Crippen LogP contribution in [-0.4, -0.2) is 46.1 Å². The second kappa shape index (κ2) is 4.71. The first-order chi connectivity index (χ1) is 7.36. The smallest absolute Gasteiger partial charge is 0.435 e. The van der Waals surface area contributed by atoms with E-state index in [0.29, 0.717) is 0 Å². The summed E-state index contributed by atoms with van der Waals surface area (Å²) >= 11 is 3.99. The molecule has 92 valence electrons. The first-order valence-corrected chi connectivity index (χ1v) is 5.90. The Morgan fingerprint density at radius 3 is 2.50 bits per heavy atom. The van der Waals surface area contributed by atoms with E-state index in [2.05, 4.69) is 12.6 Å². The molecule has 2 amide bonds. The van der Waals surface area contributed by atoms with E-state index in [9.17, 15) is 19.1 Å². The van der Waals surface area contributed by atoms with Crippen LogP contribution in [0, 0.1) is 5.92 Å². The predicted molar refractivity (Wildman–Crippen MR) is 60.2 cm³/mol. The minimum atomic E-state index is -1.26. The highest BCUT2D eigenvalue weighted by Crippen LogP contribution is 2.32. The van der Waals surface area contributed by atoms with Crippen LogP contribution in [0.5, 0.6) is 0 Å². The Labute approximate surface area is 99.4 Å². The van der Waals surface area contributed by atoms with Gasteiger partial charge in [0, 0.05) is 12.2 Å². The summed E-state index contributed by atoms with van der Waals surface area (Å²) in [7, 11) is 0. The Morgan fingerprint density at radius 1 is 1.62 bits per heavy atom. The van der Waals surface area contributed by atoms with Gasteiger partial charge < -0.3 is 5.11 Å². The zero-order valence-electron chi connectivity index (χ0n) is 9.39. The summed E-state index contributed by atoms with van der Waals surface area (Å²) in [4.78, 5) is 23.4. The highest BCUT2D eigenvalue weighted by Gasteiger charge is 2.57. The number of carbonyl (C=O) groups excluding carboxylic acids is 1. The molecule has 4 nitrogen and oxygen atoms in total. The van der Waals surface area contributed by atoms with E-state index < -0.39 is 34.6 Å². The second-order valence-electron chi connectivity index (χ2n) is 4.44. The summed E-state index contributed by atoms with van der Waals surface area (Å²) in [6, 6.07) is -0.512. The zero-order chi connectivity index (χ0) is 12.5. The maximum atomic E-state index is 13.3. The highest BCUT2D eigenvalue weighted by molar-refractivity contribution is 7.80. The van der Waals surface area contributed by atoms with E-state index in [4.69, 9.17) is 0 Å². The summed E-state index contributed by atoms with van der Waals surface area (Å²) in [5.41, 5.74) is 0. The number of hydrogen-bond acceptors (Lipinski definition) is 3. The number of rotatable bonds is 2. The summed E-state index contributed by atoms with van der Waals surface area (Å²) in [5, 5.41) is 9.23. The lowest BCUT2D eigenvalue weighted by atomic mass is 10.1. The summed E-state index contributed by atoms with van der Waals surface area (Å²) in [6.45, 7) is 2.97. The van der Waals surface area contributed by atoms with Crippen molar-refractivity contribution in [3.63, 3.8) is 0 Å². The number of thiol groups is 1. The first kappa shape index (κ1) is 13.4. The van der Waals surface area contributed by atoms with Crippen molar-refractivity contribution in [3.8, 4) is 0 Å². The van der Waals surface area contributed by atoms with Crippen LogP contribution in [-0.2, 0) is 4.79 Å². The standard InChI is InChI=1S/C10H16FNO3S/c1-6(5-16)9(13)12(10(14)15)4-8(11)3-7(12)2/h6-8H,3-5H2,1-2H3,(H-,14,15,16)/p+1/t6?,7-,8-,12-/m1/s1. The Hall–Kier alpha value is -0.620. The molecular weight excluding hydrogens is 233 g/mol. The minimum Gasteiger partial charge on any atom is -0.435 e. The van der Waals surface area contributed by atoms with Crippen LogP contribution in [0.2, 0.25) is 0 Å². The molecule has 0 aliphatic carbocycles. The average molecular weight is 250 g/mol. The third kappa shape index (κ3) is 1.96. The fraction of sp³-hybridized carbons (Fsp3) is 0.800. The zero-order valence-corrected chi connectivity index (χ0v) is 10.3. The van der Waals surface area contributed by atoms with Gasteiger partial charge in [0.05, 0.1) is 5.92 Å². The van der Waals surface area contributed by atoms with Gasteiger partial charge in [-0.2, -0.15) is 21.9 Å². The van der Waals surface area contributed by atoms with Crippen molar-refractivity contribution in [2.45, 2.75) is 32.5 Å². The number of likely N-dealkylation sites (tertiary alicyclic amines) is 1. The van der Waals surface area contributed by atoms with E-state index in [1.807, 2.05) is 0 Å². The average Bonchev–Trinajstić information content (AvgIpc) is 2.52. The molecule has 0 aromatic heterocycles. The summed E-state index contributed by atoms with van der Waals surface area (Å²) in [6.07, 6.45) is -2.36. The second-order valence-corrected chi connectivity index (χ2v) is 4.80. The number of imide groups is 1. The first-order valence-electron chi connectivity index (χ1n) is 5.26. The van der Waals surface area contributed by atoms with Gasteiger partial charge in [-0.15, -0.1) is 0 Å². The van der Waals surface area contributed by atoms with Crippen molar-refractivity contribution in [2.24, 2.45) is 5.92 Å². The quantitative estimate of drug-likeness (QED) is 0.579. The molecule has 1 rings (SSSR count). The number of alkyl halides is 1. The molecular formula is C10H17FNO3S+. The van der Waals surface area contributed by atoms with Gasteiger partial charge >= 0.3 is 12.0 Å². The Morgan fingerprint density at radius 2 is 2.19 bits per heavy atom. The van der Waals surface area contributed by atoms with Crippen LogP contribution in [0.25, 0.3) is 0 Å². The van der Waals surface area contributed by atoms with Gasteiger partial charge in [-0.3, -0.25) is 0 Å². The number of halogens is 1. The van der Waals surface area contributed by atoms with Crippen LogP contribution < -0.4 is 0 Å². The molecule has 0 radical (unpaired) electrons. The molecule has 0 saturated carbocycles. The maximum absolute atomic E-state index is 13.3. The molecule has 16 heavy (non-hydrogen) atoms. The molecule has 4 atom stereocenters. The molecule has 1 fully saturated rings. The van der Waals surface area contributed by atoms with Gasteiger partial charge in [-0.25, -0.2) is 9.18 Å². The molecule has 1 saturated heterocycles. The van der Waals surface area contributed by atoms with Gasteiger partial charge in [-0.05, 0) is 13.8 Å². The molecule has 0 aromatic carbocycles. The van der Waals surface area contributed by atoms with Crippen molar-refractivity contribution < 1.29 is 23.6 Å². The number of carboxylic acid groups (broad SMARTS) is 1. The lowest BCUT2D eigenvalue weighted by Crippen LogP contribution is -2.60. The molecule has 0 bridgehead atoms. The van der Waals surface area contributed by atoms with E-state index in [1.54, 1.807) is 13.8 Å². The van der Waals surface area contributed by atoms with Gasteiger partial charge in [0.1, 0.15) is 12.6 Å². The number of nitrogens with zero attached hydrogens (tertiary/aromatic N) is 1. The monoisotopic (exact) mass is 250 g/mol. The Kier molecular flexibility index (Phi) is 3.96. The predicted octanol–water partition coefficient (Wildman–Crippen LogP) is 1.70. The fourth-order valence-electron chi connectivity index (χ4n) is 2.26. The number of hydrogen-bond donors (Lipinski definition) is 2. The number of amides is 2. The maximum Gasteiger partial charge on any atom is 0.521 e. The molecule has 1 aliphatic heterocycles. The Bertz CT molecular complexity index is 312. The van der Waals surface area contributed by atoms with Crippen LogP contribution in [0.15, 0.2) is 0 Å². The molecule has 1 N–H and O–H groups in total. The van der Waals surface area contributed by atoms with Crippen molar-refractivity contribution in [1.29, 1.82) is 0 Å². The topological polar surface area (TPSA) is 54.4 Å².